The third-order valence-electron chi connectivity index (χ3n) is 3.25. The van der Waals surface area contributed by atoms with Gasteiger partial charge in [0.1, 0.15) is 20.8 Å². The molecule has 0 atom stereocenters. The molecule has 1 aliphatic carbocycles. The smallest absolute Gasteiger partial charge is 0.183 e. The van der Waals surface area contributed by atoms with E-state index >= 15 is 0 Å². The molecule has 2 N–H and O–H groups in total. The Morgan fingerprint density at radius 2 is 2.16 bits per heavy atom. The zero-order chi connectivity index (χ0) is 14.2. The first-order chi connectivity index (χ1) is 8.90. The largest absolute Gasteiger partial charge is 0.396 e. The van der Waals surface area contributed by atoms with Gasteiger partial charge in [-0.3, -0.25) is 0 Å². The normalized spacial score (nSPS) is 15.2. The van der Waals surface area contributed by atoms with Crippen molar-refractivity contribution in [2.45, 2.75) is 24.7 Å². The van der Waals surface area contributed by atoms with Crippen LogP contribution in [0.15, 0.2) is 4.90 Å². The Labute approximate surface area is 117 Å². The number of nitrogens with zero attached hydrogens (tertiary/aromatic N) is 2. The number of thiophene rings is 1. The van der Waals surface area contributed by atoms with Gasteiger partial charge in [0.25, 0.3) is 0 Å². The van der Waals surface area contributed by atoms with E-state index in [9.17, 15) is 8.42 Å². The quantitative estimate of drug-likeness (QED) is 0.896. The Balaban J connectivity index is 2.49. The zero-order valence-corrected chi connectivity index (χ0v) is 12.6. The minimum absolute atomic E-state index is 0.0108. The average Bonchev–Trinajstić information content (AvgIpc) is 3.10. The molecule has 2 rings (SSSR count). The van der Waals surface area contributed by atoms with Crippen LogP contribution < -0.4 is 10.6 Å². The van der Waals surface area contributed by atoms with E-state index in [0.717, 1.165) is 6.54 Å². The van der Waals surface area contributed by atoms with Crippen molar-refractivity contribution in [1.29, 1.82) is 5.26 Å². The van der Waals surface area contributed by atoms with E-state index in [-0.39, 0.29) is 21.2 Å². The fraction of sp³-hybridized carbons (Fsp3) is 0.583. The lowest BCUT2D eigenvalue weighted by Gasteiger charge is -2.18. The third-order valence-corrected chi connectivity index (χ3v) is 6.40. The molecule has 104 valence electrons. The second kappa shape index (κ2) is 5.02. The highest BCUT2D eigenvalue weighted by molar-refractivity contribution is 7.91. The lowest BCUT2D eigenvalue weighted by atomic mass is 10.3. The molecule has 1 saturated carbocycles. The summed E-state index contributed by atoms with van der Waals surface area (Å²) in [5.74, 6) is 0.624. The molecule has 0 spiro atoms. The molecular weight excluding hydrogens is 282 g/mol. The summed E-state index contributed by atoms with van der Waals surface area (Å²) in [5, 5.41) is 9.64. The number of sulfone groups is 1. The van der Waals surface area contributed by atoms with Gasteiger partial charge in [0.15, 0.2) is 9.84 Å². The van der Waals surface area contributed by atoms with Crippen LogP contribution in [0.1, 0.15) is 24.6 Å². The Morgan fingerprint density at radius 3 is 2.63 bits per heavy atom. The fourth-order valence-electron chi connectivity index (χ4n) is 1.97. The van der Waals surface area contributed by atoms with Gasteiger partial charge in [-0.15, -0.1) is 11.3 Å². The van der Waals surface area contributed by atoms with Crippen molar-refractivity contribution >= 4 is 31.9 Å². The molecule has 1 heterocycles. The highest BCUT2D eigenvalue weighted by Crippen LogP contribution is 2.42. The van der Waals surface area contributed by atoms with Crippen molar-refractivity contribution in [2.24, 2.45) is 5.92 Å². The molecule has 1 fully saturated rings. The summed E-state index contributed by atoms with van der Waals surface area (Å²) < 4.78 is 24.3. The Hall–Kier alpha value is -1.26. The lowest BCUT2D eigenvalue weighted by molar-refractivity contribution is 0.597. The van der Waals surface area contributed by atoms with Crippen LogP contribution in [0.3, 0.4) is 0 Å². The van der Waals surface area contributed by atoms with E-state index in [1.54, 1.807) is 6.92 Å². The van der Waals surface area contributed by atoms with Gasteiger partial charge < -0.3 is 10.6 Å². The Kier molecular flexibility index (Phi) is 3.74. The first-order valence-electron chi connectivity index (χ1n) is 6.17. The van der Waals surface area contributed by atoms with Gasteiger partial charge in [-0.25, -0.2) is 8.42 Å². The summed E-state index contributed by atoms with van der Waals surface area (Å²) in [6, 6.07) is 1.98. The molecule has 0 bridgehead atoms. The van der Waals surface area contributed by atoms with Crippen LogP contribution in [0.5, 0.6) is 0 Å². The van der Waals surface area contributed by atoms with E-state index in [4.69, 9.17) is 11.0 Å². The van der Waals surface area contributed by atoms with Crippen LogP contribution in [0.2, 0.25) is 0 Å². The number of anilines is 2. The Morgan fingerprint density at radius 1 is 1.53 bits per heavy atom. The van der Waals surface area contributed by atoms with Crippen molar-refractivity contribution in [2.75, 3.05) is 30.0 Å². The first-order valence-corrected chi connectivity index (χ1v) is 8.63. The fourth-order valence-corrected chi connectivity index (χ4v) is 4.57. The van der Waals surface area contributed by atoms with E-state index in [1.807, 2.05) is 18.0 Å². The molecule has 0 saturated heterocycles. The number of rotatable bonds is 5. The van der Waals surface area contributed by atoms with Crippen molar-refractivity contribution in [1.82, 2.24) is 0 Å². The Bertz CT molecular complexity index is 624. The van der Waals surface area contributed by atoms with Crippen molar-refractivity contribution in [3.05, 3.63) is 4.88 Å². The lowest BCUT2D eigenvalue weighted by Crippen LogP contribution is -2.21. The highest BCUT2D eigenvalue weighted by Gasteiger charge is 2.30. The molecule has 19 heavy (non-hydrogen) atoms. The van der Waals surface area contributed by atoms with Crippen molar-refractivity contribution in [3.8, 4) is 6.07 Å². The predicted molar refractivity (Wildman–Crippen MR) is 77.2 cm³/mol. The van der Waals surface area contributed by atoms with Crippen LogP contribution in [0.25, 0.3) is 0 Å². The second-order valence-corrected chi connectivity index (χ2v) is 8.03. The maximum Gasteiger partial charge on any atom is 0.183 e. The van der Waals surface area contributed by atoms with Gasteiger partial charge in [-0.05, 0) is 18.8 Å². The molecule has 0 aliphatic heterocycles. The molecule has 0 amide bonds. The molecule has 1 aromatic heterocycles. The van der Waals surface area contributed by atoms with E-state index < -0.39 is 9.84 Å². The molecule has 0 aromatic carbocycles. The number of nitrogens with two attached hydrogens (primary N) is 1. The van der Waals surface area contributed by atoms with Crippen LogP contribution in [0, 0.1) is 17.2 Å². The summed E-state index contributed by atoms with van der Waals surface area (Å²) in [5.41, 5.74) is 5.95. The summed E-state index contributed by atoms with van der Waals surface area (Å²) in [7, 11) is -1.56. The molecule has 1 aromatic rings. The van der Waals surface area contributed by atoms with Crippen LogP contribution in [-0.4, -0.2) is 27.8 Å². The van der Waals surface area contributed by atoms with E-state index in [2.05, 4.69) is 0 Å². The molecule has 0 radical (unpaired) electrons. The van der Waals surface area contributed by atoms with Crippen LogP contribution >= 0.6 is 11.3 Å². The van der Waals surface area contributed by atoms with Crippen LogP contribution in [-0.2, 0) is 9.84 Å². The maximum atomic E-state index is 12.2. The monoisotopic (exact) mass is 299 g/mol. The molecule has 7 heteroatoms. The van der Waals surface area contributed by atoms with Crippen molar-refractivity contribution in [3.63, 3.8) is 0 Å². The topological polar surface area (TPSA) is 87.2 Å². The molecule has 1 aliphatic rings. The van der Waals surface area contributed by atoms with Gasteiger partial charge in [-0.2, -0.15) is 5.26 Å². The van der Waals surface area contributed by atoms with E-state index in [0.29, 0.717) is 10.9 Å². The SMILES string of the molecule is CCS(=O)(=O)c1c(N(C)CC2CC2)sc(C#N)c1N. The first kappa shape index (κ1) is 14.2. The zero-order valence-electron chi connectivity index (χ0n) is 11.0. The third kappa shape index (κ3) is 2.69. The van der Waals surface area contributed by atoms with Gasteiger partial charge in [-0.1, -0.05) is 6.92 Å². The summed E-state index contributed by atoms with van der Waals surface area (Å²) in [6.45, 7) is 2.40. The number of nitriles is 1. The maximum absolute atomic E-state index is 12.2. The van der Waals surface area contributed by atoms with E-state index in [1.165, 1.54) is 24.2 Å². The van der Waals surface area contributed by atoms with Gasteiger partial charge >= 0.3 is 0 Å². The van der Waals surface area contributed by atoms with Gasteiger partial charge in [0.2, 0.25) is 0 Å². The van der Waals surface area contributed by atoms with Crippen LogP contribution in [0.4, 0.5) is 10.7 Å². The summed E-state index contributed by atoms with van der Waals surface area (Å²) in [6.07, 6.45) is 2.37. The number of hydrogen-bond donors (Lipinski definition) is 1. The molecular formula is C12H17N3O2S2. The average molecular weight is 299 g/mol. The molecule has 0 unspecified atom stereocenters. The predicted octanol–water partition coefficient (Wildman–Crippen LogP) is 1.84. The standard InChI is InChI=1S/C12H17N3O2S2/c1-3-19(16,17)11-10(14)9(6-13)18-12(11)15(2)7-8-4-5-8/h8H,3-5,7,14H2,1-2H3. The number of nitrogen functional groups attached to an aromatic ring is 1. The van der Waals surface area contributed by atoms with Gasteiger partial charge in [0.05, 0.1) is 11.4 Å². The minimum atomic E-state index is -3.42. The van der Waals surface area contributed by atoms with Gasteiger partial charge in [0, 0.05) is 13.6 Å². The number of hydrogen-bond acceptors (Lipinski definition) is 6. The molecule has 5 nitrogen and oxygen atoms in total. The summed E-state index contributed by atoms with van der Waals surface area (Å²) in [4.78, 5) is 2.34. The highest BCUT2D eigenvalue weighted by atomic mass is 32.2. The second-order valence-electron chi connectivity index (χ2n) is 4.82. The summed E-state index contributed by atoms with van der Waals surface area (Å²) >= 11 is 1.17. The van der Waals surface area contributed by atoms with Crippen molar-refractivity contribution < 1.29 is 8.42 Å². The minimum Gasteiger partial charge on any atom is -0.396 e.